The van der Waals surface area contributed by atoms with Gasteiger partial charge in [0.2, 0.25) is 5.91 Å². The number of hydrogen-bond acceptors (Lipinski definition) is 4. The molecule has 0 unspecified atom stereocenters. The Morgan fingerprint density at radius 3 is 2.64 bits per heavy atom. The summed E-state index contributed by atoms with van der Waals surface area (Å²) in [5, 5.41) is 14.1. The molecule has 2 aromatic rings. The fraction of sp³-hybridized carbons (Fsp3) is 0.400. The summed E-state index contributed by atoms with van der Waals surface area (Å²) in [5.41, 5.74) is 2.97. The molecule has 1 fully saturated rings. The molecule has 2 heterocycles. The Labute approximate surface area is 148 Å². The zero-order chi connectivity index (χ0) is 17.6. The predicted octanol–water partition coefficient (Wildman–Crippen LogP) is 2.20. The van der Waals surface area contributed by atoms with E-state index >= 15 is 0 Å². The average molecular weight is 339 g/mol. The Bertz CT molecular complexity index is 699. The van der Waals surface area contributed by atoms with Gasteiger partial charge in [0.15, 0.2) is 0 Å². The molecule has 132 valence electrons. The number of hydrogen-bond donors (Lipinski definition) is 2. The van der Waals surface area contributed by atoms with E-state index < -0.39 is 12.1 Å². The number of benzene rings is 1. The SMILES string of the molecule is Cc1cccc(CN[C@H](C(=O)N2CCCC2)[C@H](O)c2ccncc2)c1. The summed E-state index contributed by atoms with van der Waals surface area (Å²) in [7, 11) is 0. The summed E-state index contributed by atoms with van der Waals surface area (Å²) >= 11 is 0. The van der Waals surface area contributed by atoms with Crippen LogP contribution in [0.2, 0.25) is 0 Å². The van der Waals surface area contributed by atoms with Crippen molar-refractivity contribution < 1.29 is 9.90 Å². The quantitative estimate of drug-likeness (QED) is 0.847. The van der Waals surface area contributed by atoms with Crippen molar-refractivity contribution in [3.8, 4) is 0 Å². The number of aliphatic hydroxyl groups is 1. The van der Waals surface area contributed by atoms with Crippen LogP contribution in [0.15, 0.2) is 48.8 Å². The van der Waals surface area contributed by atoms with Gasteiger partial charge in [0.05, 0.1) is 0 Å². The van der Waals surface area contributed by atoms with Gasteiger partial charge in [-0.2, -0.15) is 0 Å². The van der Waals surface area contributed by atoms with E-state index in [1.807, 2.05) is 30.0 Å². The third kappa shape index (κ3) is 4.44. The molecule has 5 nitrogen and oxygen atoms in total. The third-order valence-electron chi connectivity index (χ3n) is 4.66. The highest BCUT2D eigenvalue weighted by Gasteiger charge is 2.32. The summed E-state index contributed by atoms with van der Waals surface area (Å²) in [6.07, 6.45) is 4.43. The van der Waals surface area contributed by atoms with Crippen LogP contribution in [-0.2, 0) is 11.3 Å². The first-order valence-corrected chi connectivity index (χ1v) is 8.81. The van der Waals surface area contributed by atoms with Gasteiger partial charge in [0.1, 0.15) is 12.1 Å². The van der Waals surface area contributed by atoms with Crippen LogP contribution in [0.25, 0.3) is 0 Å². The minimum Gasteiger partial charge on any atom is -0.386 e. The molecular weight excluding hydrogens is 314 g/mol. The van der Waals surface area contributed by atoms with Gasteiger partial charge in [-0.05, 0) is 43.0 Å². The molecule has 1 amide bonds. The van der Waals surface area contributed by atoms with Crippen molar-refractivity contribution in [1.29, 1.82) is 0 Å². The number of likely N-dealkylation sites (tertiary alicyclic amines) is 1. The maximum atomic E-state index is 12.9. The van der Waals surface area contributed by atoms with Crippen LogP contribution in [0.3, 0.4) is 0 Å². The van der Waals surface area contributed by atoms with Gasteiger partial charge < -0.3 is 10.0 Å². The van der Waals surface area contributed by atoms with E-state index in [2.05, 4.69) is 16.4 Å². The van der Waals surface area contributed by atoms with Crippen LogP contribution in [0, 0.1) is 6.92 Å². The Morgan fingerprint density at radius 2 is 1.96 bits per heavy atom. The summed E-state index contributed by atoms with van der Waals surface area (Å²) < 4.78 is 0. The Hall–Kier alpha value is -2.24. The lowest BCUT2D eigenvalue weighted by molar-refractivity contribution is -0.135. The van der Waals surface area contributed by atoms with Crippen molar-refractivity contribution in [2.45, 2.75) is 38.5 Å². The molecule has 1 aromatic carbocycles. The molecule has 0 bridgehead atoms. The van der Waals surface area contributed by atoms with Crippen LogP contribution < -0.4 is 5.32 Å². The predicted molar refractivity (Wildman–Crippen MR) is 96.8 cm³/mol. The number of carbonyl (C=O) groups excluding carboxylic acids is 1. The molecule has 0 saturated carbocycles. The van der Waals surface area contributed by atoms with Crippen molar-refractivity contribution >= 4 is 5.91 Å². The molecule has 1 saturated heterocycles. The molecule has 2 N–H and O–H groups in total. The van der Waals surface area contributed by atoms with E-state index in [0.717, 1.165) is 31.5 Å². The van der Waals surface area contributed by atoms with Gasteiger partial charge in [-0.15, -0.1) is 0 Å². The smallest absolute Gasteiger partial charge is 0.242 e. The molecule has 0 radical (unpaired) electrons. The van der Waals surface area contributed by atoms with Crippen molar-refractivity contribution in [3.63, 3.8) is 0 Å². The second-order valence-corrected chi connectivity index (χ2v) is 6.61. The number of aromatic nitrogens is 1. The largest absolute Gasteiger partial charge is 0.386 e. The third-order valence-corrected chi connectivity index (χ3v) is 4.66. The van der Waals surface area contributed by atoms with Crippen LogP contribution in [-0.4, -0.2) is 40.0 Å². The molecule has 0 spiro atoms. The van der Waals surface area contributed by atoms with E-state index in [4.69, 9.17) is 0 Å². The summed E-state index contributed by atoms with van der Waals surface area (Å²) in [6.45, 7) is 4.12. The van der Waals surface area contributed by atoms with Crippen LogP contribution in [0.1, 0.15) is 35.6 Å². The molecule has 1 aliphatic heterocycles. The number of amides is 1. The van der Waals surface area contributed by atoms with Gasteiger partial charge in [-0.25, -0.2) is 0 Å². The number of carbonyl (C=O) groups is 1. The topological polar surface area (TPSA) is 65.5 Å². The van der Waals surface area contributed by atoms with Crippen molar-refractivity contribution in [2.75, 3.05) is 13.1 Å². The lowest BCUT2D eigenvalue weighted by atomic mass is 10.0. The zero-order valence-corrected chi connectivity index (χ0v) is 14.6. The molecule has 3 rings (SSSR count). The highest BCUT2D eigenvalue weighted by Crippen LogP contribution is 2.20. The van der Waals surface area contributed by atoms with Crippen molar-refractivity contribution in [1.82, 2.24) is 15.2 Å². The first-order chi connectivity index (χ1) is 12.1. The van der Waals surface area contributed by atoms with Crippen LogP contribution in [0.5, 0.6) is 0 Å². The van der Waals surface area contributed by atoms with Gasteiger partial charge >= 0.3 is 0 Å². The molecular formula is C20H25N3O2. The van der Waals surface area contributed by atoms with Gasteiger partial charge in [0, 0.05) is 32.0 Å². The minimum atomic E-state index is -0.902. The zero-order valence-electron chi connectivity index (χ0n) is 14.6. The Morgan fingerprint density at radius 1 is 1.24 bits per heavy atom. The highest BCUT2D eigenvalue weighted by molar-refractivity contribution is 5.83. The number of nitrogens with one attached hydrogen (secondary N) is 1. The standard InChI is InChI=1S/C20H25N3O2/c1-15-5-4-6-16(13-15)14-22-18(20(25)23-11-2-3-12-23)19(24)17-7-9-21-10-8-17/h4-10,13,18-19,22,24H,2-3,11-12,14H2,1H3/t18-,19+/m0/s1. The van der Waals surface area contributed by atoms with Gasteiger partial charge in [0.25, 0.3) is 0 Å². The maximum absolute atomic E-state index is 12.9. The monoisotopic (exact) mass is 339 g/mol. The van der Waals surface area contributed by atoms with Crippen LogP contribution >= 0.6 is 0 Å². The number of rotatable bonds is 6. The van der Waals surface area contributed by atoms with Crippen LogP contribution in [0.4, 0.5) is 0 Å². The highest BCUT2D eigenvalue weighted by atomic mass is 16.3. The van der Waals surface area contributed by atoms with E-state index in [0.29, 0.717) is 12.1 Å². The molecule has 5 heteroatoms. The van der Waals surface area contributed by atoms with Crippen molar-refractivity contribution in [2.24, 2.45) is 0 Å². The molecule has 25 heavy (non-hydrogen) atoms. The number of pyridine rings is 1. The van der Waals surface area contributed by atoms with Gasteiger partial charge in [-0.3, -0.25) is 15.1 Å². The summed E-state index contributed by atoms with van der Waals surface area (Å²) in [4.78, 5) is 18.8. The number of nitrogens with zero attached hydrogens (tertiary/aromatic N) is 2. The molecule has 2 atom stereocenters. The Balaban J connectivity index is 1.77. The molecule has 1 aromatic heterocycles. The Kier molecular flexibility index (Phi) is 5.79. The van der Waals surface area contributed by atoms with Crippen molar-refractivity contribution in [3.05, 3.63) is 65.5 Å². The maximum Gasteiger partial charge on any atom is 0.242 e. The molecule has 1 aliphatic rings. The normalized spacial score (nSPS) is 16.6. The van der Waals surface area contributed by atoms with E-state index in [1.54, 1.807) is 24.5 Å². The number of aryl methyl sites for hydroxylation is 1. The van der Waals surface area contributed by atoms with Gasteiger partial charge in [-0.1, -0.05) is 29.8 Å². The second kappa shape index (κ2) is 8.23. The second-order valence-electron chi connectivity index (χ2n) is 6.61. The summed E-state index contributed by atoms with van der Waals surface area (Å²) in [6, 6.07) is 11.0. The van der Waals surface area contributed by atoms with E-state index in [1.165, 1.54) is 5.56 Å². The fourth-order valence-electron chi connectivity index (χ4n) is 3.27. The van der Waals surface area contributed by atoms with E-state index in [9.17, 15) is 9.90 Å². The average Bonchev–Trinajstić information content (AvgIpc) is 3.17. The lowest BCUT2D eigenvalue weighted by Gasteiger charge is -2.28. The molecule has 0 aliphatic carbocycles. The first-order valence-electron chi connectivity index (χ1n) is 8.81. The minimum absolute atomic E-state index is 0.0329. The fourth-order valence-corrected chi connectivity index (χ4v) is 3.27. The lowest BCUT2D eigenvalue weighted by Crippen LogP contribution is -2.48. The number of aliphatic hydroxyl groups excluding tert-OH is 1. The first kappa shape index (κ1) is 17.6. The van der Waals surface area contributed by atoms with E-state index in [-0.39, 0.29) is 5.91 Å². The summed E-state index contributed by atoms with van der Waals surface area (Å²) in [5.74, 6) is -0.0329.